The van der Waals surface area contributed by atoms with E-state index in [-0.39, 0.29) is 22.4 Å². The number of halogens is 4. The molecule has 0 aliphatic carbocycles. The first-order chi connectivity index (χ1) is 13.8. The second-order valence-electron chi connectivity index (χ2n) is 6.43. The maximum absolute atomic E-state index is 12.8. The number of methoxy groups -OCH3 is 1. The van der Waals surface area contributed by atoms with Gasteiger partial charge in [0.25, 0.3) is 5.91 Å². The molecule has 1 saturated heterocycles. The quantitative estimate of drug-likeness (QED) is 0.642. The summed E-state index contributed by atoms with van der Waals surface area (Å²) in [4.78, 5) is 20.2. The van der Waals surface area contributed by atoms with E-state index in [9.17, 15) is 18.0 Å². The van der Waals surface area contributed by atoms with Crippen molar-refractivity contribution in [2.24, 2.45) is 0 Å². The van der Waals surface area contributed by atoms with Crippen molar-refractivity contribution >= 4 is 29.3 Å². The number of thioether (sulfide) groups is 1. The van der Waals surface area contributed by atoms with Gasteiger partial charge in [0.05, 0.1) is 12.7 Å². The van der Waals surface area contributed by atoms with E-state index in [1.807, 2.05) is 6.07 Å². The molecule has 1 aromatic heterocycles. The summed E-state index contributed by atoms with van der Waals surface area (Å²) in [6.07, 6.45) is 1.25. The number of piperazine rings is 1. The molecule has 0 bridgehead atoms. The Morgan fingerprint density at radius 2 is 1.97 bits per heavy atom. The van der Waals surface area contributed by atoms with E-state index in [1.54, 1.807) is 24.1 Å². The van der Waals surface area contributed by atoms with Crippen LogP contribution in [0.3, 0.4) is 0 Å². The first kappa shape index (κ1) is 21.7. The molecule has 1 aromatic carbocycles. The summed E-state index contributed by atoms with van der Waals surface area (Å²) in [6.45, 7) is 2.60. The van der Waals surface area contributed by atoms with Crippen LogP contribution in [0.25, 0.3) is 0 Å². The van der Waals surface area contributed by atoms with E-state index in [4.69, 9.17) is 16.3 Å². The number of rotatable bonds is 5. The van der Waals surface area contributed by atoms with Gasteiger partial charge >= 0.3 is 5.51 Å². The number of alkyl halides is 3. The monoisotopic (exact) mass is 445 g/mol. The molecule has 0 radical (unpaired) electrons. The summed E-state index contributed by atoms with van der Waals surface area (Å²) in [5.74, 6) is 0.293. The summed E-state index contributed by atoms with van der Waals surface area (Å²) in [5, 5.41) is 0.289. The van der Waals surface area contributed by atoms with Crippen molar-refractivity contribution in [2.75, 3.05) is 33.3 Å². The van der Waals surface area contributed by atoms with Gasteiger partial charge in [0, 0.05) is 61.3 Å². The highest BCUT2D eigenvalue weighted by molar-refractivity contribution is 8.00. The number of hydrogen-bond donors (Lipinski definition) is 0. The molecule has 10 heteroatoms. The van der Waals surface area contributed by atoms with Crippen molar-refractivity contribution in [1.29, 1.82) is 0 Å². The van der Waals surface area contributed by atoms with Gasteiger partial charge in [0.1, 0.15) is 10.8 Å². The first-order valence-corrected chi connectivity index (χ1v) is 10.0. The van der Waals surface area contributed by atoms with E-state index in [0.29, 0.717) is 37.7 Å². The molecule has 5 nitrogen and oxygen atoms in total. The molecule has 1 aliphatic rings. The zero-order valence-corrected chi connectivity index (χ0v) is 17.2. The number of hydrogen-bond acceptors (Lipinski definition) is 5. The second kappa shape index (κ2) is 9.23. The van der Waals surface area contributed by atoms with Gasteiger partial charge in [-0.3, -0.25) is 9.69 Å². The van der Waals surface area contributed by atoms with E-state index in [0.717, 1.165) is 11.3 Å². The number of carbonyl (C=O) groups excluding carboxylic acids is 1. The van der Waals surface area contributed by atoms with Crippen molar-refractivity contribution in [3.8, 4) is 5.75 Å². The Labute approximate surface area is 175 Å². The summed E-state index contributed by atoms with van der Waals surface area (Å²) in [6, 6.07) is 8.25. The average molecular weight is 446 g/mol. The predicted octanol–water partition coefficient (Wildman–Crippen LogP) is 4.31. The molecule has 0 saturated carbocycles. The molecule has 0 N–H and O–H groups in total. The number of ether oxygens (including phenoxy) is 1. The van der Waals surface area contributed by atoms with Crippen molar-refractivity contribution < 1.29 is 22.7 Å². The molecular formula is C19H19ClF3N3O2S. The molecule has 0 atom stereocenters. The van der Waals surface area contributed by atoms with Crippen LogP contribution in [-0.2, 0) is 6.54 Å². The average Bonchev–Trinajstić information content (AvgIpc) is 2.67. The summed E-state index contributed by atoms with van der Waals surface area (Å²) in [7, 11) is 1.59. The Bertz CT molecular complexity index is 874. The highest BCUT2D eigenvalue weighted by Gasteiger charge is 2.33. The van der Waals surface area contributed by atoms with Gasteiger partial charge in [-0.05, 0) is 30.3 Å². The van der Waals surface area contributed by atoms with Gasteiger partial charge in [-0.15, -0.1) is 0 Å². The molecule has 1 amide bonds. The SMILES string of the molecule is COc1ccc(Cl)cc1CN1CCN(C(=O)c2cccnc2SC(F)(F)F)CC1. The predicted molar refractivity (Wildman–Crippen MR) is 105 cm³/mol. The van der Waals surface area contributed by atoms with Crippen LogP contribution in [0.2, 0.25) is 5.02 Å². The minimum Gasteiger partial charge on any atom is -0.496 e. The van der Waals surface area contributed by atoms with Crippen LogP contribution in [0.4, 0.5) is 13.2 Å². The fourth-order valence-corrected chi connectivity index (χ4v) is 3.93. The largest absolute Gasteiger partial charge is 0.496 e. The van der Waals surface area contributed by atoms with E-state index in [2.05, 4.69) is 9.88 Å². The molecule has 0 unspecified atom stereocenters. The lowest BCUT2D eigenvalue weighted by Crippen LogP contribution is -2.48. The topological polar surface area (TPSA) is 45.7 Å². The Kier molecular flexibility index (Phi) is 6.92. The maximum atomic E-state index is 12.8. The standard InChI is InChI=1S/C19H19ClF3N3O2S/c1-28-16-5-4-14(20)11-13(16)12-25-7-9-26(10-8-25)18(27)15-3-2-6-24-17(15)29-19(21,22)23/h2-6,11H,7-10,12H2,1H3. The van der Waals surface area contributed by atoms with Crippen LogP contribution >= 0.6 is 23.4 Å². The van der Waals surface area contributed by atoms with Crippen molar-refractivity contribution in [3.63, 3.8) is 0 Å². The third-order valence-corrected chi connectivity index (χ3v) is 5.50. The van der Waals surface area contributed by atoms with Crippen LogP contribution in [0.15, 0.2) is 41.6 Å². The fourth-order valence-electron chi connectivity index (χ4n) is 3.14. The minimum absolute atomic E-state index is 0.0280. The molecule has 0 spiro atoms. The Hall–Kier alpha value is -1.97. The van der Waals surface area contributed by atoms with Crippen molar-refractivity contribution in [1.82, 2.24) is 14.8 Å². The number of nitrogens with zero attached hydrogens (tertiary/aromatic N) is 3. The molecule has 2 aromatic rings. The van der Waals surface area contributed by atoms with Gasteiger partial charge in [-0.2, -0.15) is 13.2 Å². The van der Waals surface area contributed by atoms with E-state index >= 15 is 0 Å². The van der Waals surface area contributed by atoms with Crippen LogP contribution < -0.4 is 4.74 Å². The number of amides is 1. The van der Waals surface area contributed by atoms with Crippen LogP contribution in [-0.4, -0.2) is 59.5 Å². The number of pyridine rings is 1. The molecule has 156 valence electrons. The first-order valence-electron chi connectivity index (χ1n) is 8.81. The maximum Gasteiger partial charge on any atom is 0.447 e. The van der Waals surface area contributed by atoms with Crippen molar-refractivity contribution in [2.45, 2.75) is 17.1 Å². The lowest BCUT2D eigenvalue weighted by molar-refractivity contribution is -0.0329. The number of carbonyl (C=O) groups is 1. The van der Waals surface area contributed by atoms with Gasteiger partial charge in [-0.25, -0.2) is 4.98 Å². The van der Waals surface area contributed by atoms with E-state index < -0.39 is 11.4 Å². The zero-order chi connectivity index (χ0) is 21.0. The number of benzene rings is 1. The summed E-state index contributed by atoms with van der Waals surface area (Å²) in [5.41, 5.74) is -3.59. The number of aromatic nitrogens is 1. The normalized spacial score (nSPS) is 15.4. The molecule has 2 heterocycles. The second-order valence-corrected chi connectivity index (χ2v) is 7.92. The lowest BCUT2D eigenvalue weighted by Gasteiger charge is -2.35. The highest BCUT2D eigenvalue weighted by Crippen LogP contribution is 2.37. The Morgan fingerprint density at radius 3 is 2.62 bits per heavy atom. The molecule has 1 aliphatic heterocycles. The molecular weight excluding hydrogens is 427 g/mol. The Morgan fingerprint density at radius 1 is 1.24 bits per heavy atom. The molecule has 29 heavy (non-hydrogen) atoms. The van der Waals surface area contributed by atoms with Crippen LogP contribution in [0, 0.1) is 0 Å². The van der Waals surface area contributed by atoms with Crippen LogP contribution in [0.1, 0.15) is 15.9 Å². The van der Waals surface area contributed by atoms with E-state index in [1.165, 1.54) is 18.3 Å². The molecule has 3 rings (SSSR count). The third-order valence-electron chi connectivity index (χ3n) is 4.51. The van der Waals surface area contributed by atoms with Gasteiger partial charge in [0.2, 0.25) is 0 Å². The third kappa shape index (κ3) is 5.77. The van der Waals surface area contributed by atoms with Gasteiger partial charge < -0.3 is 9.64 Å². The van der Waals surface area contributed by atoms with Crippen LogP contribution in [0.5, 0.6) is 5.75 Å². The highest BCUT2D eigenvalue weighted by atomic mass is 35.5. The summed E-state index contributed by atoms with van der Waals surface area (Å²) < 4.78 is 43.6. The zero-order valence-electron chi connectivity index (χ0n) is 15.6. The Balaban J connectivity index is 1.64. The van der Waals surface area contributed by atoms with Crippen molar-refractivity contribution in [3.05, 3.63) is 52.7 Å². The smallest absolute Gasteiger partial charge is 0.447 e. The minimum atomic E-state index is -4.50. The fraction of sp³-hybridized carbons (Fsp3) is 0.368. The van der Waals surface area contributed by atoms with Gasteiger partial charge in [-0.1, -0.05) is 11.6 Å². The summed E-state index contributed by atoms with van der Waals surface area (Å²) >= 11 is 5.70. The lowest BCUT2D eigenvalue weighted by atomic mass is 10.1. The molecule has 1 fully saturated rings. The van der Waals surface area contributed by atoms with Gasteiger partial charge in [0.15, 0.2) is 0 Å².